The van der Waals surface area contributed by atoms with Crippen LogP contribution >= 0.6 is 11.6 Å². The van der Waals surface area contributed by atoms with Crippen LogP contribution in [-0.2, 0) is 14.3 Å². The topological polar surface area (TPSA) is 75.6 Å². The molecule has 0 aromatic heterocycles. The van der Waals surface area contributed by atoms with Gasteiger partial charge in [0, 0.05) is 10.7 Å². The van der Waals surface area contributed by atoms with Crippen LogP contribution in [0.3, 0.4) is 0 Å². The fourth-order valence-electron chi connectivity index (χ4n) is 2.97. The Morgan fingerprint density at radius 2 is 1.96 bits per heavy atom. The summed E-state index contributed by atoms with van der Waals surface area (Å²) in [5, 5.41) is 14.5. The van der Waals surface area contributed by atoms with Gasteiger partial charge in [-0.1, -0.05) is 48.0 Å². The predicted octanol–water partition coefficient (Wildman–Crippen LogP) is 3.38. The van der Waals surface area contributed by atoms with Gasteiger partial charge in [-0.3, -0.25) is 4.79 Å². The number of hydrogen-bond donors (Lipinski definition) is 2. The first-order valence-electron chi connectivity index (χ1n) is 8.20. The summed E-state index contributed by atoms with van der Waals surface area (Å²) in [5.41, 5.74) is -0.283. The summed E-state index contributed by atoms with van der Waals surface area (Å²) in [5.74, 6) is -2.43. The Hall–Kier alpha value is -2.63. The first-order chi connectivity index (χ1) is 12.5. The standard InChI is InChI=1S/C20H18ClNO4/c1-2-26-19(24)20(25,12-11-13-7-9-14(21)10-8-13)17-15-5-3-4-6-16(15)22-18(17)23/h3-12,17,25H,2H2,1H3,(H,22,23)/b12-11+. The van der Waals surface area contributed by atoms with Gasteiger partial charge in [0.05, 0.1) is 6.61 Å². The average molecular weight is 372 g/mol. The second-order valence-electron chi connectivity index (χ2n) is 5.94. The van der Waals surface area contributed by atoms with Crippen molar-refractivity contribution in [3.63, 3.8) is 0 Å². The van der Waals surface area contributed by atoms with Gasteiger partial charge in [0.2, 0.25) is 5.91 Å². The van der Waals surface area contributed by atoms with E-state index in [0.29, 0.717) is 16.3 Å². The van der Waals surface area contributed by atoms with E-state index in [2.05, 4.69) is 5.32 Å². The minimum Gasteiger partial charge on any atom is -0.464 e. The van der Waals surface area contributed by atoms with Crippen LogP contribution in [0.5, 0.6) is 0 Å². The molecule has 134 valence electrons. The third-order valence-corrected chi connectivity index (χ3v) is 4.49. The van der Waals surface area contributed by atoms with Crippen LogP contribution in [0.25, 0.3) is 6.08 Å². The molecular formula is C20H18ClNO4. The van der Waals surface area contributed by atoms with Crippen molar-refractivity contribution in [1.29, 1.82) is 0 Å². The zero-order valence-corrected chi connectivity index (χ0v) is 14.9. The molecule has 6 heteroatoms. The lowest BCUT2D eigenvalue weighted by atomic mass is 9.82. The maximum Gasteiger partial charge on any atom is 0.343 e. The lowest BCUT2D eigenvalue weighted by Crippen LogP contribution is -2.46. The first-order valence-corrected chi connectivity index (χ1v) is 8.57. The molecule has 0 fully saturated rings. The van der Waals surface area contributed by atoms with E-state index in [-0.39, 0.29) is 6.61 Å². The predicted molar refractivity (Wildman–Crippen MR) is 99.9 cm³/mol. The number of ether oxygens (including phenoxy) is 1. The minimum atomic E-state index is -2.13. The lowest BCUT2D eigenvalue weighted by molar-refractivity contribution is -0.163. The second kappa shape index (κ2) is 7.32. The Morgan fingerprint density at radius 3 is 2.65 bits per heavy atom. The molecule has 1 aliphatic rings. The molecule has 5 nitrogen and oxygen atoms in total. The molecule has 0 bridgehead atoms. The molecule has 26 heavy (non-hydrogen) atoms. The van der Waals surface area contributed by atoms with E-state index in [1.807, 2.05) is 0 Å². The van der Waals surface area contributed by atoms with Crippen LogP contribution in [0, 0.1) is 0 Å². The molecule has 0 radical (unpaired) electrons. The van der Waals surface area contributed by atoms with E-state index in [1.165, 1.54) is 6.08 Å². The number of halogens is 1. The summed E-state index contributed by atoms with van der Waals surface area (Å²) in [6, 6.07) is 13.8. The highest BCUT2D eigenvalue weighted by atomic mass is 35.5. The van der Waals surface area contributed by atoms with E-state index in [4.69, 9.17) is 16.3 Å². The van der Waals surface area contributed by atoms with Gasteiger partial charge in [0.25, 0.3) is 0 Å². The number of esters is 1. The SMILES string of the molecule is CCOC(=O)C(O)(/C=C/c1ccc(Cl)cc1)C1C(=O)Nc2ccccc21. The number of aliphatic hydroxyl groups is 1. The molecule has 0 spiro atoms. The molecule has 3 rings (SSSR count). The zero-order chi connectivity index (χ0) is 18.7. The van der Waals surface area contributed by atoms with Gasteiger partial charge >= 0.3 is 5.97 Å². The maximum atomic E-state index is 12.6. The summed E-state index contributed by atoms with van der Waals surface area (Å²) >= 11 is 5.87. The van der Waals surface area contributed by atoms with Gasteiger partial charge in [-0.05, 0) is 42.3 Å². The van der Waals surface area contributed by atoms with E-state index < -0.39 is 23.4 Å². The van der Waals surface area contributed by atoms with Crippen LogP contribution in [0.1, 0.15) is 24.0 Å². The van der Waals surface area contributed by atoms with Gasteiger partial charge in [0.1, 0.15) is 5.92 Å². The Morgan fingerprint density at radius 1 is 1.27 bits per heavy atom. The summed E-state index contributed by atoms with van der Waals surface area (Å²) in [6.07, 6.45) is 2.88. The summed E-state index contributed by atoms with van der Waals surface area (Å²) in [4.78, 5) is 25.1. The minimum absolute atomic E-state index is 0.0892. The van der Waals surface area contributed by atoms with Gasteiger partial charge in [-0.2, -0.15) is 0 Å². The molecule has 2 unspecified atom stereocenters. The van der Waals surface area contributed by atoms with Crippen LogP contribution < -0.4 is 5.32 Å². The number of carbonyl (C=O) groups is 2. The van der Waals surface area contributed by atoms with Crippen molar-refractivity contribution in [1.82, 2.24) is 0 Å². The number of nitrogens with one attached hydrogen (secondary N) is 1. The van der Waals surface area contributed by atoms with Crippen molar-refractivity contribution in [3.05, 3.63) is 70.8 Å². The lowest BCUT2D eigenvalue weighted by Gasteiger charge is -2.27. The van der Waals surface area contributed by atoms with E-state index >= 15 is 0 Å². The molecule has 0 aliphatic carbocycles. The van der Waals surface area contributed by atoms with E-state index in [0.717, 1.165) is 5.56 Å². The molecule has 1 heterocycles. The summed E-state index contributed by atoms with van der Waals surface area (Å²) in [6.45, 7) is 1.73. The number of fused-ring (bicyclic) bond motifs is 1. The molecule has 0 saturated carbocycles. The molecule has 1 amide bonds. The van der Waals surface area contributed by atoms with Crippen LogP contribution in [0.4, 0.5) is 5.69 Å². The van der Waals surface area contributed by atoms with Gasteiger partial charge in [-0.15, -0.1) is 0 Å². The first kappa shape index (κ1) is 18.2. The molecule has 2 aromatic rings. The highest BCUT2D eigenvalue weighted by molar-refractivity contribution is 6.30. The maximum absolute atomic E-state index is 12.6. The number of rotatable bonds is 5. The largest absolute Gasteiger partial charge is 0.464 e. The molecular weight excluding hydrogens is 354 g/mol. The normalized spacial score (nSPS) is 18.3. The number of benzene rings is 2. The Kier molecular flexibility index (Phi) is 5.11. The van der Waals surface area contributed by atoms with Gasteiger partial charge in [0.15, 0.2) is 5.60 Å². The Bertz CT molecular complexity index is 862. The molecule has 2 N–H and O–H groups in total. The molecule has 2 aromatic carbocycles. The highest BCUT2D eigenvalue weighted by Gasteiger charge is 2.51. The summed E-state index contributed by atoms with van der Waals surface area (Å²) < 4.78 is 5.05. The van der Waals surface area contributed by atoms with Crippen molar-refractivity contribution in [2.75, 3.05) is 11.9 Å². The average Bonchev–Trinajstić information content (AvgIpc) is 2.97. The number of hydrogen-bond acceptors (Lipinski definition) is 4. The fraction of sp³-hybridized carbons (Fsp3) is 0.200. The smallest absolute Gasteiger partial charge is 0.343 e. The van der Waals surface area contributed by atoms with Crippen molar-refractivity contribution in [3.8, 4) is 0 Å². The van der Waals surface area contributed by atoms with E-state index in [9.17, 15) is 14.7 Å². The van der Waals surface area contributed by atoms with Gasteiger partial charge < -0.3 is 15.2 Å². The third kappa shape index (κ3) is 3.36. The Balaban J connectivity index is 2.03. The monoisotopic (exact) mass is 371 g/mol. The molecule has 2 atom stereocenters. The van der Waals surface area contributed by atoms with Crippen LogP contribution in [-0.4, -0.2) is 29.2 Å². The van der Waals surface area contributed by atoms with Crippen molar-refractivity contribution in [2.24, 2.45) is 0 Å². The molecule has 1 aliphatic heterocycles. The Labute approximate surface area is 156 Å². The third-order valence-electron chi connectivity index (χ3n) is 4.23. The van der Waals surface area contributed by atoms with Crippen molar-refractivity contribution in [2.45, 2.75) is 18.4 Å². The number of anilines is 1. The van der Waals surface area contributed by atoms with Crippen LogP contribution in [0.15, 0.2) is 54.6 Å². The quantitative estimate of drug-likeness (QED) is 0.790. The zero-order valence-electron chi connectivity index (χ0n) is 14.1. The molecule has 0 saturated heterocycles. The van der Waals surface area contributed by atoms with Gasteiger partial charge in [-0.25, -0.2) is 4.79 Å². The fourth-order valence-corrected chi connectivity index (χ4v) is 3.10. The van der Waals surface area contributed by atoms with Crippen molar-refractivity contribution >= 4 is 35.2 Å². The van der Waals surface area contributed by atoms with E-state index in [1.54, 1.807) is 61.5 Å². The van der Waals surface area contributed by atoms with Crippen molar-refractivity contribution < 1.29 is 19.4 Å². The number of carbonyl (C=O) groups excluding carboxylic acids is 2. The number of amides is 1. The highest BCUT2D eigenvalue weighted by Crippen LogP contribution is 2.41. The number of para-hydroxylation sites is 1. The van der Waals surface area contributed by atoms with Crippen LogP contribution in [0.2, 0.25) is 5.02 Å². The summed E-state index contributed by atoms with van der Waals surface area (Å²) in [7, 11) is 0. The second-order valence-corrected chi connectivity index (χ2v) is 6.38.